The number of rotatable bonds is 7. The first-order valence-corrected chi connectivity index (χ1v) is 15.8. The highest BCUT2D eigenvalue weighted by molar-refractivity contribution is 6.05. The molecule has 2 aromatic carbocycles. The van der Waals surface area contributed by atoms with Crippen LogP contribution in [0.3, 0.4) is 0 Å². The standard InChI is InChI=1S/C35H45N5O6/c1-24-21-40(25(2)23-41)34(43)30-20-29(37-33(42)27-15-17-36-18-16-27)13-14-31(30)46-26(3)10-8-9-19-45-32(24)22-39(4)35(44)38-28-11-6-5-7-12-28/h5-7,11-18,20,24-26,32,41H,8-10,19,21-23H2,1-4H3,(H,37,42)(H,38,44)/t24-,25-,26+,32+/m1/s1. The molecular formula is C35H45N5O6. The number of ether oxygens (including phenoxy) is 2. The van der Waals surface area contributed by atoms with Crippen molar-refractivity contribution in [3.8, 4) is 5.75 Å². The van der Waals surface area contributed by atoms with Crippen LogP contribution in [-0.2, 0) is 4.74 Å². The van der Waals surface area contributed by atoms with Crippen LogP contribution in [0.5, 0.6) is 5.75 Å². The number of aliphatic hydroxyl groups is 1. The number of anilines is 2. The summed E-state index contributed by atoms with van der Waals surface area (Å²) in [6.07, 6.45) is 4.91. The van der Waals surface area contributed by atoms with Crippen LogP contribution in [0.15, 0.2) is 73.1 Å². The predicted molar refractivity (Wildman–Crippen MR) is 177 cm³/mol. The molecule has 1 aliphatic rings. The number of amides is 4. The highest BCUT2D eigenvalue weighted by Crippen LogP contribution is 2.29. The van der Waals surface area contributed by atoms with E-state index in [0.29, 0.717) is 35.8 Å². The molecule has 246 valence electrons. The van der Waals surface area contributed by atoms with E-state index in [1.54, 1.807) is 54.1 Å². The summed E-state index contributed by atoms with van der Waals surface area (Å²) in [5.74, 6) is -0.476. The van der Waals surface area contributed by atoms with E-state index in [9.17, 15) is 19.5 Å². The average Bonchev–Trinajstić information content (AvgIpc) is 3.06. The zero-order valence-corrected chi connectivity index (χ0v) is 27.0. The molecule has 0 radical (unpaired) electrons. The number of fused-ring (bicyclic) bond motifs is 1. The smallest absolute Gasteiger partial charge is 0.321 e. The topological polar surface area (TPSA) is 133 Å². The first kappa shape index (κ1) is 34.4. The number of hydrogen-bond acceptors (Lipinski definition) is 7. The fourth-order valence-corrected chi connectivity index (χ4v) is 5.26. The number of likely N-dealkylation sites (N-methyl/N-ethyl adjacent to an activating group) is 1. The summed E-state index contributed by atoms with van der Waals surface area (Å²) in [7, 11) is 1.72. The minimum Gasteiger partial charge on any atom is -0.490 e. The van der Waals surface area contributed by atoms with Gasteiger partial charge in [-0.2, -0.15) is 0 Å². The summed E-state index contributed by atoms with van der Waals surface area (Å²) in [4.78, 5) is 47.4. The molecule has 4 atom stereocenters. The van der Waals surface area contributed by atoms with Crippen molar-refractivity contribution < 1.29 is 29.0 Å². The summed E-state index contributed by atoms with van der Waals surface area (Å²) in [5, 5.41) is 16.0. The van der Waals surface area contributed by atoms with Gasteiger partial charge in [0.1, 0.15) is 5.75 Å². The monoisotopic (exact) mass is 631 g/mol. The van der Waals surface area contributed by atoms with Crippen LogP contribution in [0, 0.1) is 5.92 Å². The minimum absolute atomic E-state index is 0.182. The quantitative estimate of drug-likeness (QED) is 0.323. The molecule has 3 aromatic rings. The van der Waals surface area contributed by atoms with Crippen molar-refractivity contribution in [2.45, 2.75) is 58.3 Å². The van der Waals surface area contributed by atoms with Crippen LogP contribution in [0.4, 0.5) is 16.2 Å². The number of nitrogens with zero attached hydrogens (tertiary/aromatic N) is 3. The van der Waals surface area contributed by atoms with Crippen LogP contribution in [0.1, 0.15) is 60.7 Å². The van der Waals surface area contributed by atoms with Crippen molar-refractivity contribution in [1.29, 1.82) is 0 Å². The molecule has 0 saturated heterocycles. The zero-order chi connectivity index (χ0) is 33.1. The second-order valence-electron chi connectivity index (χ2n) is 11.9. The van der Waals surface area contributed by atoms with Crippen molar-refractivity contribution in [3.05, 3.63) is 84.2 Å². The Labute approximate surface area is 270 Å². The molecule has 0 bridgehead atoms. The van der Waals surface area contributed by atoms with Gasteiger partial charge in [-0.25, -0.2) is 4.79 Å². The Morgan fingerprint density at radius 1 is 1.04 bits per heavy atom. The van der Waals surface area contributed by atoms with Gasteiger partial charge in [0.05, 0.1) is 30.4 Å². The molecule has 0 spiro atoms. The number of benzene rings is 2. The van der Waals surface area contributed by atoms with E-state index in [1.807, 2.05) is 44.2 Å². The molecule has 11 heteroatoms. The largest absolute Gasteiger partial charge is 0.490 e. The number of para-hydroxylation sites is 1. The summed E-state index contributed by atoms with van der Waals surface area (Å²) < 4.78 is 12.6. The van der Waals surface area contributed by atoms with Gasteiger partial charge in [-0.05, 0) is 75.6 Å². The summed E-state index contributed by atoms with van der Waals surface area (Å²) in [6, 6.07) is 16.7. The minimum atomic E-state index is -0.525. The van der Waals surface area contributed by atoms with E-state index in [-0.39, 0.29) is 54.7 Å². The van der Waals surface area contributed by atoms with Gasteiger partial charge >= 0.3 is 6.03 Å². The summed E-state index contributed by atoms with van der Waals surface area (Å²) in [5.41, 5.74) is 1.84. The molecule has 11 nitrogen and oxygen atoms in total. The van der Waals surface area contributed by atoms with Crippen LogP contribution in [0.25, 0.3) is 0 Å². The Kier molecular flexibility index (Phi) is 12.5. The molecule has 0 unspecified atom stereocenters. The zero-order valence-electron chi connectivity index (χ0n) is 27.0. The Hall–Kier alpha value is -4.48. The van der Waals surface area contributed by atoms with Gasteiger partial charge < -0.3 is 35.0 Å². The van der Waals surface area contributed by atoms with Gasteiger partial charge in [0.15, 0.2) is 0 Å². The molecular weight excluding hydrogens is 586 g/mol. The number of pyridine rings is 1. The predicted octanol–water partition coefficient (Wildman–Crippen LogP) is 5.29. The third kappa shape index (κ3) is 9.51. The van der Waals surface area contributed by atoms with Crippen LogP contribution < -0.4 is 15.4 Å². The lowest BCUT2D eigenvalue weighted by Crippen LogP contribution is -2.48. The SMILES string of the molecule is C[C@@H]1CN([C@H](C)CO)C(=O)c2cc(NC(=O)c3ccncc3)ccc2O[C@@H](C)CCCCO[C@H]1CN(C)C(=O)Nc1ccccc1. The lowest BCUT2D eigenvalue weighted by atomic mass is 10.0. The van der Waals surface area contributed by atoms with Crippen LogP contribution >= 0.6 is 0 Å². The second-order valence-corrected chi connectivity index (χ2v) is 11.9. The normalized spacial score (nSPS) is 20.0. The Bertz CT molecular complexity index is 1440. The maximum absolute atomic E-state index is 14.3. The Morgan fingerprint density at radius 3 is 2.50 bits per heavy atom. The number of aromatic nitrogens is 1. The first-order chi connectivity index (χ1) is 22.2. The van der Waals surface area contributed by atoms with E-state index in [2.05, 4.69) is 15.6 Å². The molecule has 0 fully saturated rings. The first-order valence-electron chi connectivity index (χ1n) is 15.8. The number of nitrogens with one attached hydrogen (secondary N) is 2. The molecule has 0 aliphatic carbocycles. The second kappa shape index (κ2) is 16.7. The Morgan fingerprint density at radius 2 is 1.78 bits per heavy atom. The van der Waals surface area contributed by atoms with Crippen LogP contribution in [-0.4, -0.2) is 89.3 Å². The van der Waals surface area contributed by atoms with E-state index in [0.717, 1.165) is 19.3 Å². The summed E-state index contributed by atoms with van der Waals surface area (Å²) in [6.45, 7) is 6.51. The highest BCUT2D eigenvalue weighted by atomic mass is 16.5. The molecule has 1 aliphatic heterocycles. The van der Waals surface area contributed by atoms with Crippen LogP contribution in [0.2, 0.25) is 0 Å². The maximum atomic E-state index is 14.3. The number of carbonyl (C=O) groups excluding carboxylic acids is 3. The third-order valence-electron chi connectivity index (χ3n) is 8.08. The molecule has 2 heterocycles. The lowest BCUT2D eigenvalue weighted by molar-refractivity contribution is -0.0115. The van der Waals surface area contributed by atoms with E-state index in [1.165, 1.54) is 12.4 Å². The summed E-state index contributed by atoms with van der Waals surface area (Å²) >= 11 is 0. The molecule has 1 aromatic heterocycles. The van der Waals surface area contributed by atoms with Gasteiger partial charge in [-0.15, -0.1) is 0 Å². The maximum Gasteiger partial charge on any atom is 0.321 e. The van der Waals surface area contributed by atoms with E-state index in [4.69, 9.17) is 9.47 Å². The van der Waals surface area contributed by atoms with Gasteiger partial charge in [0.2, 0.25) is 0 Å². The van der Waals surface area contributed by atoms with Gasteiger partial charge in [0.25, 0.3) is 11.8 Å². The van der Waals surface area contributed by atoms with Crippen molar-refractivity contribution in [2.24, 2.45) is 5.92 Å². The average molecular weight is 632 g/mol. The number of hydrogen-bond donors (Lipinski definition) is 3. The molecule has 4 rings (SSSR count). The van der Waals surface area contributed by atoms with Gasteiger partial charge in [0, 0.05) is 62.0 Å². The van der Waals surface area contributed by atoms with E-state index >= 15 is 0 Å². The number of carbonyl (C=O) groups is 3. The van der Waals surface area contributed by atoms with Gasteiger partial charge in [-0.3, -0.25) is 14.6 Å². The van der Waals surface area contributed by atoms with Crippen molar-refractivity contribution >= 4 is 29.2 Å². The molecule has 4 amide bonds. The third-order valence-corrected chi connectivity index (χ3v) is 8.08. The number of urea groups is 1. The fraction of sp³-hybridized carbons (Fsp3) is 0.429. The molecule has 3 N–H and O–H groups in total. The van der Waals surface area contributed by atoms with E-state index < -0.39 is 6.04 Å². The fourth-order valence-electron chi connectivity index (χ4n) is 5.26. The lowest BCUT2D eigenvalue weighted by Gasteiger charge is -2.35. The Balaban J connectivity index is 1.60. The van der Waals surface area contributed by atoms with Crippen molar-refractivity contribution in [1.82, 2.24) is 14.8 Å². The van der Waals surface area contributed by atoms with Crippen molar-refractivity contribution in [3.63, 3.8) is 0 Å². The highest BCUT2D eigenvalue weighted by Gasteiger charge is 2.31. The van der Waals surface area contributed by atoms with Crippen molar-refractivity contribution in [2.75, 3.05) is 44.0 Å². The molecule has 0 saturated carbocycles. The molecule has 46 heavy (non-hydrogen) atoms. The number of aliphatic hydroxyl groups excluding tert-OH is 1. The van der Waals surface area contributed by atoms with Gasteiger partial charge in [-0.1, -0.05) is 25.1 Å².